The maximum atomic E-state index is 3.82. The van der Waals surface area contributed by atoms with Crippen LogP contribution in [0.2, 0.25) is 0 Å². The number of hydrogen-bond donors (Lipinski definition) is 0. The fourth-order valence-corrected chi connectivity index (χ4v) is 1.99. The van der Waals surface area contributed by atoms with Crippen molar-refractivity contribution in [2.75, 3.05) is 5.75 Å². The molecule has 1 radical (unpaired) electrons. The highest BCUT2D eigenvalue weighted by Gasteiger charge is 1.94. The summed E-state index contributed by atoms with van der Waals surface area (Å²) in [6, 6.07) is 14.9. The van der Waals surface area contributed by atoms with E-state index in [2.05, 4.69) is 49.4 Å². The van der Waals surface area contributed by atoms with Gasteiger partial charge in [-0.05, 0) is 35.6 Å². The number of thioether (sulfide) groups is 1. The second-order valence-electron chi connectivity index (χ2n) is 2.86. The lowest BCUT2D eigenvalue weighted by atomic mass is 10.1. The summed E-state index contributed by atoms with van der Waals surface area (Å²) in [5.41, 5.74) is 0. The quantitative estimate of drug-likeness (QED) is 0.645. The molecule has 2 rings (SSSR count). The Bertz CT molecular complexity index is 407. The van der Waals surface area contributed by atoms with Crippen molar-refractivity contribution in [3.8, 4) is 0 Å². The van der Waals surface area contributed by atoms with Crippen molar-refractivity contribution in [3.63, 3.8) is 0 Å². The summed E-state index contributed by atoms with van der Waals surface area (Å²) >= 11 is 1.78. The van der Waals surface area contributed by atoms with Gasteiger partial charge >= 0.3 is 0 Å². The lowest BCUT2D eigenvalue weighted by Crippen LogP contribution is -1.75. The van der Waals surface area contributed by atoms with Crippen molar-refractivity contribution in [3.05, 3.63) is 49.4 Å². The molecule has 2 aromatic rings. The first-order valence-electron chi connectivity index (χ1n) is 4.31. The van der Waals surface area contributed by atoms with E-state index < -0.39 is 0 Å². The smallest absolute Gasteiger partial charge is 0.00783 e. The average Bonchev–Trinajstić information content (AvgIpc) is 2.18. The molecule has 0 atom stereocenters. The molecule has 0 unspecified atom stereocenters. The molecule has 2 aromatic carbocycles. The molecule has 0 amide bonds. The highest BCUT2D eigenvalue weighted by atomic mass is 32.2. The Morgan fingerprint density at radius 3 is 2.54 bits per heavy atom. The van der Waals surface area contributed by atoms with Gasteiger partial charge in [0, 0.05) is 4.90 Å². The minimum absolute atomic E-state index is 0.887. The molecule has 0 fully saturated rings. The van der Waals surface area contributed by atoms with Gasteiger partial charge in [0.05, 0.1) is 0 Å². The van der Waals surface area contributed by atoms with Crippen LogP contribution >= 0.6 is 11.8 Å². The Hall–Kier alpha value is -0.950. The fraction of sp³-hybridized carbons (Fsp3) is 0.0833. The van der Waals surface area contributed by atoms with Crippen LogP contribution in [-0.4, -0.2) is 5.75 Å². The van der Waals surface area contributed by atoms with E-state index in [0.29, 0.717) is 0 Å². The topological polar surface area (TPSA) is 0 Å². The molecule has 0 aromatic heterocycles. The van der Waals surface area contributed by atoms with Gasteiger partial charge in [0.2, 0.25) is 0 Å². The third kappa shape index (κ3) is 1.86. The zero-order valence-corrected chi connectivity index (χ0v) is 8.18. The van der Waals surface area contributed by atoms with Crippen molar-refractivity contribution >= 4 is 22.5 Å². The minimum Gasteiger partial charge on any atom is -0.126 e. The fourth-order valence-electron chi connectivity index (χ4n) is 1.38. The largest absolute Gasteiger partial charge is 0.126 e. The standard InChI is InChI=1S/C12H11S/c1-2-13-12-8-7-10-5-3-4-6-11(10)9-12/h3-9H,1-2H2. The van der Waals surface area contributed by atoms with Gasteiger partial charge in [-0.1, -0.05) is 30.3 Å². The van der Waals surface area contributed by atoms with Gasteiger partial charge in [-0.15, -0.1) is 11.8 Å². The van der Waals surface area contributed by atoms with Gasteiger partial charge in [0.15, 0.2) is 0 Å². The molecular formula is C12H11S. The molecule has 0 spiro atoms. The second-order valence-corrected chi connectivity index (χ2v) is 4.03. The molecule has 0 aliphatic rings. The van der Waals surface area contributed by atoms with Gasteiger partial charge in [0.25, 0.3) is 0 Å². The maximum Gasteiger partial charge on any atom is 0.00783 e. The molecule has 0 N–H and O–H groups in total. The molecule has 0 nitrogen and oxygen atoms in total. The summed E-state index contributed by atoms with van der Waals surface area (Å²) in [5, 5.41) is 2.61. The van der Waals surface area contributed by atoms with Gasteiger partial charge in [0.1, 0.15) is 0 Å². The summed E-state index contributed by atoms with van der Waals surface area (Å²) < 4.78 is 0. The van der Waals surface area contributed by atoms with Crippen molar-refractivity contribution in [1.29, 1.82) is 0 Å². The summed E-state index contributed by atoms with van der Waals surface area (Å²) in [4.78, 5) is 1.30. The number of benzene rings is 2. The first-order chi connectivity index (χ1) is 6.40. The van der Waals surface area contributed by atoms with Crippen molar-refractivity contribution < 1.29 is 0 Å². The molecule has 0 saturated carbocycles. The molecule has 0 heterocycles. The summed E-state index contributed by atoms with van der Waals surface area (Å²) in [6.45, 7) is 3.82. The van der Waals surface area contributed by atoms with Crippen LogP contribution in [0.15, 0.2) is 47.4 Å². The van der Waals surface area contributed by atoms with Gasteiger partial charge < -0.3 is 0 Å². The lowest BCUT2D eigenvalue weighted by Gasteiger charge is -2.00. The SMILES string of the molecule is [CH2]CSc1ccc2ccccc2c1. The monoisotopic (exact) mass is 187 g/mol. The van der Waals surface area contributed by atoms with Crippen LogP contribution in [0.1, 0.15) is 0 Å². The number of fused-ring (bicyclic) bond motifs is 1. The zero-order chi connectivity index (χ0) is 9.10. The molecule has 0 saturated heterocycles. The molecule has 1 heteroatoms. The van der Waals surface area contributed by atoms with Crippen LogP contribution in [-0.2, 0) is 0 Å². The van der Waals surface area contributed by atoms with Crippen LogP contribution in [0.5, 0.6) is 0 Å². The van der Waals surface area contributed by atoms with Gasteiger partial charge in [-0.3, -0.25) is 0 Å². The Kier molecular flexibility index (Phi) is 2.55. The number of hydrogen-bond acceptors (Lipinski definition) is 1. The molecule has 0 bridgehead atoms. The van der Waals surface area contributed by atoms with Crippen LogP contribution < -0.4 is 0 Å². The van der Waals surface area contributed by atoms with E-state index in [-0.39, 0.29) is 0 Å². The van der Waals surface area contributed by atoms with E-state index in [1.165, 1.54) is 15.7 Å². The number of rotatable bonds is 2. The molecule has 0 aliphatic heterocycles. The van der Waals surface area contributed by atoms with Crippen LogP contribution in [0, 0.1) is 6.92 Å². The average molecular weight is 187 g/mol. The van der Waals surface area contributed by atoms with Gasteiger partial charge in [-0.2, -0.15) is 0 Å². The van der Waals surface area contributed by atoms with Crippen LogP contribution in [0.4, 0.5) is 0 Å². The van der Waals surface area contributed by atoms with Crippen LogP contribution in [0.25, 0.3) is 10.8 Å². The highest BCUT2D eigenvalue weighted by molar-refractivity contribution is 7.99. The van der Waals surface area contributed by atoms with Crippen LogP contribution in [0.3, 0.4) is 0 Å². The van der Waals surface area contributed by atoms with E-state index in [0.717, 1.165) is 5.75 Å². The Labute approximate surface area is 83.0 Å². The minimum atomic E-state index is 0.887. The van der Waals surface area contributed by atoms with E-state index in [9.17, 15) is 0 Å². The summed E-state index contributed by atoms with van der Waals surface area (Å²) in [6.07, 6.45) is 0. The van der Waals surface area contributed by atoms with E-state index in [1.54, 1.807) is 11.8 Å². The van der Waals surface area contributed by atoms with E-state index in [1.807, 2.05) is 0 Å². The molecule has 13 heavy (non-hydrogen) atoms. The predicted octanol–water partition coefficient (Wildman–Crippen LogP) is 3.77. The Morgan fingerprint density at radius 2 is 1.77 bits per heavy atom. The molecule has 65 valence electrons. The van der Waals surface area contributed by atoms with Crippen molar-refractivity contribution in [1.82, 2.24) is 0 Å². The Morgan fingerprint density at radius 1 is 1.00 bits per heavy atom. The normalized spacial score (nSPS) is 10.5. The predicted molar refractivity (Wildman–Crippen MR) is 60.0 cm³/mol. The third-order valence-electron chi connectivity index (χ3n) is 1.99. The summed E-state index contributed by atoms with van der Waals surface area (Å²) in [5.74, 6) is 0.887. The first-order valence-corrected chi connectivity index (χ1v) is 5.29. The van der Waals surface area contributed by atoms with Crippen molar-refractivity contribution in [2.24, 2.45) is 0 Å². The highest BCUT2D eigenvalue weighted by Crippen LogP contribution is 2.22. The third-order valence-corrected chi connectivity index (χ3v) is 2.78. The van der Waals surface area contributed by atoms with Crippen molar-refractivity contribution in [2.45, 2.75) is 4.90 Å². The molecular weight excluding hydrogens is 176 g/mol. The Balaban J connectivity index is 2.49. The summed E-state index contributed by atoms with van der Waals surface area (Å²) in [7, 11) is 0. The second kappa shape index (κ2) is 3.84. The maximum absolute atomic E-state index is 3.82. The van der Waals surface area contributed by atoms with E-state index >= 15 is 0 Å². The first kappa shape index (κ1) is 8.64. The molecule has 0 aliphatic carbocycles. The van der Waals surface area contributed by atoms with Gasteiger partial charge in [-0.25, -0.2) is 0 Å². The zero-order valence-electron chi connectivity index (χ0n) is 7.36. The van der Waals surface area contributed by atoms with E-state index in [4.69, 9.17) is 0 Å². The lowest BCUT2D eigenvalue weighted by molar-refractivity contribution is 1.50.